The predicted molar refractivity (Wildman–Crippen MR) is 69.9 cm³/mol. The SMILES string of the molecule is O=C(CC1CSCCN1)NCc1cccs1. The van der Waals surface area contributed by atoms with Crippen molar-refractivity contribution in [1.29, 1.82) is 0 Å². The molecular weight excluding hydrogens is 240 g/mol. The van der Waals surface area contributed by atoms with Gasteiger partial charge in [-0.15, -0.1) is 11.3 Å². The molecule has 88 valence electrons. The van der Waals surface area contributed by atoms with Crippen LogP contribution in [0, 0.1) is 0 Å². The molecule has 16 heavy (non-hydrogen) atoms. The Bertz CT molecular complexity index is 321. The van der Waals surface area contributed by atoms with E-state index in [1.807, 2.05) is 29.3 Å². The number of hydrogen-bond donors (Lipinski definition) is 2. The van der Waals surface area contributed by atoms with Gasteiger partial charge in [-0.2, -0.15) is 11.8 Å². The molecule has 0 bridgehead atoms. The van der Waals surface area contributed by atoms with Crippen LogP contribution in [0.15, 0.2) is 17.5 Å². The average Bonchev–Trinajstić information content (AvgIpc) is 2.81. The molecule has 0 aromatic carbocycles. The second kappa shape index (κ2) is 6.27. The molecule has 5 heteroatoms. The molecule has 1 atom stereocenters. The third-order valence-electron chi connectivity index (χ3n) is 2.47. The zero-order valence-electron chi connectivity index (χ0n) is 9.07. The minimum atomic E-state index is 0.147. The van der Waals surface area contributed by atoms with Crippen LogP contribution in [-0.2, 0) is 11.3 Å². The number of thiophene rings is 1. The summed E-state index contributed by atoms with van der Waals surface area (Å²) in [5.41, 5.74) is 0. The lowest BCUT2D eigenvalue weighted by molar-refractivity contribution is -0.121. The largest absolute Gasteiger partial charge is 0.351 e. The summed E-state index contributed by atoms with van der Waals surface area (Å²) in [4.78, 5) is 12.9. The van der Waals surface area contributed by atoms with Crippen LogP contribution >= 0.6 is 23.1 Å². The van der Waals surface area contributed by atoms with Crippen LogP contribution in [0.1, 0.15) is 11.3 Å². The number of carbonyl (C=O) groups is 1. The highest BCUT2D eigenvalue weighted by Crippen LogP contribution is 2.11. The predicted octanol–water partition coefficient (Wildman–Crippen LogP) is 1.46. The lowest BCUT2D eigenvalue weighted by Gasteiger charge is -2.22. The van der Waals surface area contributed by atoms with Crippen molar-refractivity contribution in [3.63, 3.8) is 0 Å². The summed E-state index contributed by atoms with van der Waals surface area (Å²) in [5, 5.41) is 8.35. The maximum atomic E-state index is 11.7. The number of thioether (sulfide) groups is 1. The van der Waals surface area contributed by atoms with Crippen molar-refractivity contribution < 1.29 is 4.79 Å². The molecule has 1 aliphatic heterocycles. The van der Waals surface area contributed by atoms with Gasteiger partial charge in [0.25, 0.3) is 0 Å². The highest BCUT2D eigenvalue weighted by molar-refractivity contribution is 7.99. The Morgan fingerprint density at radius 1 is 1.62 bits per heavy atom. The number of carbonyl (C=O) groups excluding carboxylic acids is 1. The zero-order valence-corrected chi connectivity index (χ0v) is 10.7. The summed E-state index contributed by atoms with van der Waals surface area (Å²) in [6, 6.07) is 4.40. The molecule has 0 spiro atoms. The summed E-state index contributed by atoms with van der Waals surface area (Å²) in [5.74, 6) is 2.35. The monoisotopic (exact) mass is 256 g/mol. The van der Waals surface area contributed by atoms with Gasteiger partial charge < -0.3 is 10.6 Å². The molecule has 2 rings (SSSR count). The molecule has 3 nitrogen and oxygen atoms in total. The Morgan fingerprint density at radius 2 is 2.56 bits per heavy atom. The Kier molecular flexibility index (Phi) is 4.69. The molecule has 0 aliphatic carbocycles. The van der Waals surface area contributed by atoms with Crippen LogP contribution < -0.4 is 10.6 Å². The second-order valence-electron chi connectivity index (χ2n) is 3.79. The summed E-state index contributed by atoms with van der Waals surface area (Å²) in [7, 11) is 0. The van der Waals surface area contributed by atoms with Crippen molar-refractivity contribution in [1.82, 2.24) is 10.6 Å². The number of amides is 1. The van der Waals surface area contributed by atoms with Crippen LogP contribution in [0.25, 0.3) is 0 Å². The molecule has 1 saturated heterocycles. The minimum Gasteiger partial charge on any atom is -0.351 e. The van der Waals surface area contributed by atoms with Gasteiger partial charge >= 0.3 is 0 Å². The number of rotatable bonds is 4. The summed E-state index contributed by atoms with van der Waals surface area (Å²) in [6.07, 6.45) is 0.596. The van der Waals surface area contributed by atoms with Crippen molar-refractivity contribution in [3.8, 4) is 0 Å². The van der Waals surface area contributed by atoms with Crippen LogP contribution in [0.4, 0.5) is 0 Å². The first-order valence-electron chi connectivity index (χ1n) is 5.45. The first kappa shape index (κ1) is 12.0. The fourth-order valence-corrected chi connectivity index (χ4v) is 3.24. The Hall–Kier alpha value is -0.520. The van der Waals surface area contributed by atoms with Crippen molar-refractivity contribution >= 4 is 29.0 Å². The normalized spacial score (nSPS) is 20.6. The van der Waals surface area contributed by atoms with Gasteiger partial charge in [-0.1, -0.05) is 6.07 Å². The minimum absolute atomic E-state index is 0.147. The van der Waals surface area contributed by atoms with Crippen LogP contribution in [0.2, 0.25) is 0 Å². The second-order valence-corrected chi connectivity index (χ2v) is 5.97. The lowest BCUT2D eigenvalue weighted by atomic mass is 10.2. The van der Waals surface area contributed by atoms with Gasteiger partial charge in [-0.25, -0.2) is 0 Å². The van der Waals surface area contributed by atoms with Gasteiger partial charge in [0, 0.05) is 35.4 Å². The van der Waals surface area contributed by atoms with E-state index in [0.29, 0.717) is 19.0 Å². The van der Waals surface area contributed by atoms with Gasteiger partial charge in [0.1, 0.15) is 0 Å². The number of hydrogen-bond acceptors (Lipinski definition) is 4. The van der Waals surface area contributed by atoms with Gasteiger partial charge in [-0.05, 0) is 11.4 Å². The van der Waals surface area contributed by atoms with Crippen molar-refractivity contribution in [3.05, 3.63) is 22.4 Å². The van der Waals surface area contributed by atoms with Gasteiger partial charge in [-0.3, -0.25) is 4.79 Å². The van der Waals surface area contributed by atoms with Crippen molar-refractivity contribution in [2.75, 3.05) is 18.1 Å². The van der Waals surface area contributed by atoms with E-state index in [-0.39, 0.29) is 5.91 Å². The van der Waals surface area contributed by atoms with Crippen LogP contribution in [0.5, 0.6) is 0 Å². The quantitative estimate of drug-likeness (QED) is 0.857. The van der Waals surface area contributed by atoms with Crippen molar-refractivity contribution in [2.45, 2.75) is 19.0 Å². The van der Waals surface area contributed by atoms with E-state index in [1.54, 1.807) is 11.3 Å². The maximum Gasteiger partial charge on any atom is 0.221 e. The smallest absolute Gasteiger partial charge is 0.221 e. The Balaban J connectivity index is 1.67. The first-order valence-corrected chi connectivity index (χ1v) is 7.48. The molecule has 1 amide bonds. The molecule has 0 radical (unpaired) electrons. The summed E-state index contributed by atoms with van der Waals surface area (Å²) >= 11 is 3.60. The molecule has 1 aromatic rings. The third-order valence-corrected chi connectivity index (χ3v) is 4.48. The lowest BCUT2D eigenvalue weighted by Crippen LogP contribution is -2.41. The van der Waals surface area contributed by atoms with E-state index in [0.717, 1.165) is 18.1 Å². The topological polar surface area (TPSA) is 41.1 Å². The molecule has 1 aromatic heterocycles. The fraction of sp³-hybridized carbons (Fsp3) is 0.545. The Labute approximate surface area is 104 Å². The number of nitrogens with one attached hydrogen (secondary N) is 2. The van der Waals surface area contributed by atoms with Crippen molar-refractivity contribution in [2.24, 2.45) is 0 Å². The van der Waals surface area contributed by atoms with Crippen LogP contribution in [0.3, 0.4) is 0 Å². The van der Waals surface area contributed by atoms with E-state index in [1.165, 1.54) is 4.88 Å². The standard InChI is InChI=1S/C11H16N2OS2/c14-11(6-9-8-15-5-3-12-9)13-7-10-2-1-4-16-10/h1-2,4,9,12H,3,5-8H2,(H,13,14). The molecule has 1 unspecified atom stereocenters. The molecule has 1 aliphatic rings. The van der Waals surface area contributed by atoms with Crippen LogP contribution in [-0.4, -0.2) is 30.0 Å². The van der Waals surface area contributed by atoms with E-state index < -0.39 is 0 Å². The first-order chi connectivity index (χ1) is 7.84. The van der Waals surface area contributed by atoms with Gasteiger partial charge in [0.15, 0.2) is 0 Å². The van der Waals surface area contributed by atoms with Gasteiger partial charge in [0.2, 0.25) is 5.91 Å². The molecule has 2 heterocycles. The fourth-order valence-electron chi connectivity index (χ4n) is 1.65. The van der Waals surface area contributed by atoms with E-state index in [4.69, 9.17) is 0 Å². The molecule has 2 N–H and O–H groups in total. The van der Waals surface area contributed by atoms with E-state index >= 15 is 0 Å². The highest BCUT2D eigenvalue weighted by Gasteiger charge is 2.16. The summed E-state index contributed by atoms with van der Waals surface area (Å²) < 4.78 is 0. The zero-order chi connectivity index (χ0) is 11.2. The van der Waals surface area contributed by atoms with E-state index in [9.17, 15) is 4.79 Å². The molecule has 1 fully saturated rings. The maximum absolute atomic E-state index is 11.7. The summed E-state index contributed by atoms with van der Waals surface area (Å²) in [6.45, 7) is 1.68. The molecule has 0 saturated carbocycles. The average molecular weight is 256 g/mol. The van der Waals surface area contributed by atoms with E-state index in [2.05, 4.69) is 10.6 Å². The third kappa shape index (κ3) is 3.81. The highest BCUT2D eigenvalue weighted by atomic mass is 32.2. The Morgan fingerprint density at radius 3 is 3.25 bits per heavy atom. The molecular formula is C11H16N2OS2. The van der Waals surface area contributed by atoms with Gasteiger partial charge in [0.05, 0.1) is 6.54 Å².